The molecule has 1 aromatic carbocycles. The number of amides is 1. The van der Waals surface area contributed by atoms with Crippen LogP contribution in [0.3, 0.4) is 0 Å². The van der Waals surface area contributed by atoms with Gasteiger partial charge in [0.25, 0.3) is 5.91 Å². The number of carbonyl (C=O) groups excluding carboxylic acids is 1. The zero-order chi connectivity index (χ0) is 12.1. The topological polar surface area (TPSA) is 58.6 Å². The van der Waals surface area contributed by atoms with Crippen molar-refractivity contribution >= 4 is 21.8 Å². The predicted molar refractivity (Wildman–Crippen MR) is 64.7 cm³/mol. The molecule has 5 heteroatoms. The van der Waals surface area contributed by atoms with E-state index in [9.17, 15) is 4.79 Å². The molecule has 0 aliphatic rings. The lowest BCUT2D eigenvalue weighted by Gasteiger charge is -2.12. The highest BCUT2D eigenvalue weighted by Crippen LogP contribution is 2.22. The highest BCUT2D eigenvalue weighted by atomic mass is 79.9. The van der Waals surface area contributed by atoms with E-state index in [0.717, 1.165) is 0 Å². The average Bonchev–Trinajstić information content (AvgIpc) is 2.29. The first-order valence-corrected chi connectivity index (χ1v) is 5.63. The van der Waals surface area contributed by atoms with E-state index in [-0.39, 0.29) is 18.6 Å². The summed E-state index contributed by atoms with van der Waals surface area (Å²) >= 11 is 3.29. The summed E-state index contributed by atoms with van der Waals surface area (Å²) < 4.78 is 5.73. The molecule has 0 aliphatic carbocycles. The van der Waals surface area contributed by atoms with Crippen LogP contribution in [0.4, 0.5) is 0 Å². The second-order valence-corrected chi connectivity index (χ2v) is 4.26. The van der Waals surface area contributed by atoms with Crippen molar-refractivity contribution < 1.29 is 14.6 Å². The molecule has 4 nitrogen and oxygen atoms in total. The SMILES string of the molecule is COc1ccc(Br)c(C(=O)N[C@@H](C)CO)c1. The van der Waals surface area contributed by atoms with Gasteiger partial charge < -0.3 is 15.2 Å². The van der Waals surface area contributed by atoms with Crippen LogP contribution in [0, 0.1) is 0 Å². The Morgan fingerprint density at radius 3 is 2.88 bits per heavy atom. The summed E-state index contributed by atoms with van der Waals surface area (Å²) in [6.45, 7) is 1.64. The first-order valence-electron chi connectivity index (χ1n) is 4.83. The fourth-order valence-electron chi connectivity index (χ4n) is 1.15. The lowest BCUT2D eigenvalue weighted by Crippen LogP contribution is -2.35. The standard InChI is InChI=1S/C11H14BrNO3/c1-7(6-14)13-11(15)9-5-8(16-2)3-4-10(9)12/h3-5,7,14H,6H2,1-2H3,(H,13,15)/t7-/m0/s1. The second-order valence-electron chi connectivity index (χ2n) is 3.40. The smallest absolute Gasteiger partial charge is 0.252 e. The third-order valence-corrected chi connectivity index (χ3v) is 2.76. The van der Waals surface area contributed by atoms with Crippen molar-refractivity contribution in [1.29, 1.82) is 0 Å². The number of nitrogens with one attached hydrogen (secondary N) is 1. The molecule has 0 fully saturated rings. The van der Waals surface area contributed by atoms with Crippen molar-refractivity contribution in [2.45, 2.75) is 13.0 Å². The van der Waals surface area contributed by atoms with E-state index in [1.54, 1.807) is 32.2 Å². The number of halogens is 1. The molecule has 2 N–H and O–H groups in total. The van der Waals surface area contributed by atoms with E-state index < -0.39 is 0 Å². The maximum Gasteiger partial charge on any atom is 0.252 e. The molecule has 0 unspecified atom stereocenters. The molecule has 88 valence electrons. The largest absolute Gasteiger partial charge is 0.497 e. The number of aliphatic hydroxyl groups is 1. The van der Waals surface area contributed by atoms with Crippen LogP contribution in [-0.2, 0) is 0 Å². The van der Waals surface area contributed by atoms with Crippen molar-refractivity contribution in [2.75, 3.05) is 13.7 Å². The van der Waals surface area contributed by atoms with E-state index in [4.69, 9.17) is 9.84 Å². The van der Waals surface area contributed by atoms with Crippen LogP contribution in [0.15, 0.2) is 22.7 Å². The van der Waals surface area contributed by atoms with Crippen LogP contribution in [0.5, 0.6) is 5.75 Å². The fourth-order valence-corrected chi connectivity index (χ4v) is 1.58. The van der Waals surface area contributed by atoms with E-state index in [2.05, 4.69) is 21.2 Å². The van der Waals surface area contributed by atoms with Crippen molar-refractivity contribution in [1.82, 2.24) is 5.32 Å². The molecule has 0 spiro atoms. The highest BCUT2D eigenvalue weighted by Gasteiger charge is 2.13. The number of aliphatic hydroxyl groups excluding tert-OH is 1. The summed E-state index contributed by atoms with van der Waals surface area (Å²) in [6, 6.07) is 4.88. The van der Waals surface area contributed by atoms with Crippen molar-refractivity contribution in [3.8, 4) is 5.75 Å². The third-order valence-electron chi connectivity index (χ3n) is 2.07. The maximum absolute atomic E-state index is 11.8. The summed E-state index contributed by atoms with van der Waals surface area (Å²) in [5.74, 6) is 0.373. The first kappa shape index (κ1) is 13.0. The van der Waals surface area contributed by atoms with Gasteiger partial charge >= 0.3 is 0 Å². The average molecular weight is 288 g/mol. The zero-order valence-electron chi connectivity index (χ0n) is 9.16. The van der Waals surface area contributed by atoms with Gasteiger partial charge in [-0.2, -0.15) is 0 Å². The van der Waals surface area contributed by atoms with Gasteiger partial charge in [-0.25, -0.2) is 0 Å². The van der Waals surface area contributed by atoms with Gasteiger partial charge in [0.15, 0.2) is 0 Å². The molecule has 0 radical (unpaired) electrons. The predicted octanol–water partition coefficient (Wildman–Crippen LogP) is 1.57. The Hall–Kier alpha value is -1.07. The zero-order valence-corrected chi connectivity index (χ0v) is 10.7. The molecule has 16 heavy (non-hydrogen) atoms. The minimum atomic E-state index is -0.273. The summed E-state index contributed by atoms with van der Waals surface area (Å²) in [7, 11) is 1.54. The van der Waals surface area contributed by atoms with Crippen LogP contribution in [0.25, 0.3) is 0 Å². The van der Waals surface area contributed by atoms with E-state index in [0.29, 0.717) is 15.8 Å². The van der Waals surface area contributed by atoms with Crippen LogP contribution >= 0.6 is 15.9 Å². The minimum absolute atomic E-state index is 0.0900. The normalized spacial score (nSPS) is 12.0. The number of rotatable bonds is 4. The van der Waals surface area contributed by atoms with Gasteiger partial charge in [0, 0.05) is 10.5 Å². The minimum Gasteiger partial charge on any atom is -0.497 e. The van der Waals surface area contributed by atoms with Gasteiger partial charge in [-0.15, -0.1) is 0 Å². The molecule has 1 amide bonds. The first-order chi connectivity index (χ1) is 7.58. The van der Waals surface area contributed by atoms with E-state index in [1.807, 2.05) is 0 Å². The molecule has 1 atom stereocenters. The third kappa shape index (κ3) is 3.21. The van der Waals surface area contributed by atoms with Gasteiger partial charge in [-0.3, -0.25) is 4.79 Å². The Kier molecular flexibility index (Phi) is 4.76. The monoisotopic (exact) mass is 287 g/mol. The molecule has 1 rings (SSSR count). The lowest BCUT2D eigenvalue weighted by atomic mass is 10.2. The Morgan fingerprint density at radius 1 is 1.62 bits per heavy atom. The maximum atomic E-state index is 11.8. The van der Waals surface area contributed by atoms with Gasteiger partial charge in [0.1, 0.15) is 5.75 Å². The van der Waals surface area contributed by atoms with Crippen molar-refractivity contribution in [3.05, 3.63) is 28.2 Å². The Bertz CT molecular complexity index is 381. The molecule has 0 bridgehead atoms. The molecule has 0 saturated carbocycles. The Balaban J connectivity index is 2.89. The molecular weight excluding hydrogens is 274 g/mol. The summed E-state index contributed by atoms with van der Waals surface area (Å²) in [5.41, 5.74) is 0.486. The molecule has 0 heterocycles. The summed E-state index contributed by atoms with van der Waals surface area (Å²) in [5, 5.41) is 11.5. The van der Waals surface area contributed by atoms with Crippen molar-refractivity contribution in [2.24, 2.45) is 0 Å². The number of methoxy groups -OCH3 is 1. The number of carbonyl (C=O) groups is 1. The van der Waals surface area contributed by atoms with Crippen LogP contribution in [0.2, 0.25) is 0 Å². The second kappa shape index (κ2) is 5.86. The van der Waals surface area contributed by atoms with Gasteiger partial charge in [-0.1, -0.05) is 0 Å². The molecule has 0 saturated heterocycles. The number of hydrogen-bond donors (Lipinski definition) is 2. The van der Waals surface area contributed by atoms with Crippen LogP contribution in [0.1, 0.15) is 17.3 Å². The van der Waals surface area contributed by atoms with E-state index in [1.165, 1.54) is 0 Å². The summed E-state index contributed by atoms with van der Waals surface area (Å²) in [6.07, 6.45) is 0. The molecular formula is C11H14BrNO3. The lowest BCUT2D eigenvalue weighted by molar-refractivity contribution is 0.0921. The number of ether oxygens (including phenoxy) is 1. The number of hydrogen-bond acceptors (Lipinski definition) is 3. The molecule has 0 aromatic heterocycles. The quantitative estimate of drug-likeness (QED) is 0.884. The van der Waals surface area contributed by atoms with Gasteiger partial charge in [-0.05, 0) is 41.1 Å². The Morgan fingerprint density at radius 2 is 2.31 bits per heavy atom. The van der Waals surface area contributed by atoms with Gasteiger partial charge in [0.05, 0.1) is 19.3 Å². The van der Waals surface area contributed by atoms with Crippen molar-refractivity contribution in [3.63, 3.8) is 0 Å². The number of benzene rings is 1. The van der Waals surface area contributed by atoms with E-state index >= 15 is 0 Å². The highest BCUT2D eigenvalue weighted by molar-refractivity contribution is 9.10. The molecule has 0 aliphatic heterocycles. The van der Waals surface area contributed by atoms with Crippen LogP contribution < -0.4 is 10.1 Å². The fraction of sp³-hybridized carbons (Fsp3) is 0.364. The Labute approximate surface area is 103 Å². The van der Waals surface area contributed by atoms with Gasteiger partial charge in [0.2, 0.25) is 0 Å². The van der Waals surface area contributed by atoms with Crippen LogP contribution in [-0.4, -0.2) is 30.8 Å². The summed E-state index contributed by atoms with van der Waals surface area (Å²) in [4.78, 5) is 11.8. The molecule has 1 aromatic rings.